The lowest BCUT2D eigenvalue weighted by Gasteiger charge is -2.23. The number of imidazole rings is 1. The van der Waals surface area contributed by atoms with Gasteiger partial charge in [0, 0.05) is 6.54 Å². The van der Waals surface area contributed by atoms with Gasteiger partial charge in [-0.3, -0.25) is 0 Å². The van der Waals surface area contributed by atoms with E-state index in [1.54, 1.807) is 0 Å². The highest BCUT2D eigenvalue weighted by atomic mass is 35.5. The van der Waals surface area contributed by atoms with Crippen LogP contribution in [0.5, 0.6) is 0 Å². The Bertz CT molecular complexity index is 526. The van der Waals surface area contributed by atoms with Crippen LogP contribution in [0.2, 0.25) is 0 Å². The molecule has 1 aliphatic rings. The highest BCUT2D eigenvalue weighted by Gasteiger charge is 2.17. The number of hydrogen-bond donors (Lipinski definition) is 0. The summed E-state index contributed by atoms with van der Waals surface area (Å²) in [5, 5.41) is 0. The summed E-state index contributed by atoms with van der Waals surface area (Å²) in [4.78, 5) is 4.63. The molecule has 2 aromatic rings. The Kier molecular flexibility index (Phi) is 3.55. The van der Waals surface area contributed by atoms with Crippen molar-refractivity contribution in [2.45, 2.75) is 44.5 Å². The molecule has 0 spiro atoms. The zero-order chi connectivity index (χ0) is 12.4. The van der Waals surface area contributed by atoms with Crippen molar-refractivity contribution in [3.8, 4) is 0 Å². The summed E-state index contributed by atoms with van der Waals surface area (Å²) in [7, 11) is 0. The van der Waals surface area contributed by atoms with Crippen molar-refractivity contribution in [2.24, 2.45) is 5.92 Å². The van der Waals surface area contributed by atoms with Crippen molar-refractivity contribution in [3.63, 3.8) is 0 Å². The van der Waals surface area contributed by atoms with E-state index in [4.69, 9.17) is 11.6 Å². The second-order valence-corrected chi connectivity index (χ2v) is 5.53. The minimum Gasteiger partial charge on any atom is -0.327 e. The van der Waals surface area contributed by atoms with Crippen molar-refractivity contribution in [1.29, 1.82) is 0 Å². The first-order chi connectivity index (χ1) is 8.88. The van der Waals surface area contributed by atoms with Gasteiger partial charge in [0.05, 0.1) is 16.9 Å². The largest absolute Gasteiger partial charge is 0.327 e. The molecule has 2 nitrogen and oxygen atoms in total. The fourth-order valence-electron chi connectivity index (χ4n) is 3.06. The van der Waals surface area contributed by atoms with Crippen molar-refractivity contribution < 1.29 is 0 Å². The normalized spacial score (nSPS) is 17.4. The Morgan fingerprint density at radius 2 is 1.94 bits per heavy atom. The van der Waals surface area contributed by atoms with Gasteiger partial charge in [0.15, 0.2) is 0 Å². The standard InChI is InChI=1S/C15H19ClN2/c16-10-15-17-13-8-4-5-9-14(13)18(15)11-12-6-2-1-3-7-12/h4-5,8-9,12H,1-3,6-7,10-11H2. The summed E-state index contributed by atoms with van der Waals surface area (Å²) in [5.74, 6) is 2.32. The number of para-hydroxylation sites is 2. The van der Waals surface area contributed by atoms with Crippen LogP contribution in [-0.2, 0) is 12.4 Å². The van der Waals surface area contributed by atoms with E-state index in [1.165, 1.54) is 37.6 Å². The monoisotopic (exact) mass is 262 g/mol. The maximum absolute atomic E-state index is 6.04. The minimum absolute atomic E-state index is 0.501. The Morgan fingerprint density at radius 3 is 2.72 bits per heavy atom. The van der Waals surface area contributed by atoms with Gasteiger partial charge in [-0.25, -0.2) is 4.98 Å². The maximum atomic E-state index is 6.04. The predicted octanol–water partition coefficient (Wildman–Crippen LogP) is 4.36. The first kappa shape index (κ1) is 12.0. The van der Waals surface area contributed by atoms with E-state index in [1.807, 2.05) is 6.07 Å². The molecular weight excluding hydrogens is 244 g/mol. The summed E-state index contributed by atoms with van der Waals surface area (Å²) >= 11 is 6.04. The van der Waals surface area contributed by atoms with Crippen molar-refractivity contribution >= 4 is 22.6 Å². The highest BCUT2D eigenvalue weighted by Crippen LogP contribution is 2.27. The van der Waals surface area contributed by atoms with E-state index in [0.717, 1.165) is 23.8 Å². The molecule has 0 amide bonds. The first-order valence-corrected chi connectivity index (χ1v) is 7.42. The van der Waals surface area contributed by atoms with Crippen LogP contribution in [-0.4, -0.2) is 9.55 Å². The average molecular weight is 263 g/mol. The summed E-state index contributed by atoms with van der Waals surface area (Å²) in [5.41, 5.74) is 2.31. The van der Waals surface area contributed by atoms with E-state index in [9.17, 15) is 0 Å². The molecule has 1 aliphatic carbocycles. The summed E-state index contributed by atoms with van der Waals surface area (Å²) in [6.07, 6.45) is 6.88. The van der Waals surface area contributed by atoms with Crippen LogP contribution in [0.3, 0.4) is 0 Å². The molecule has 1 fully saturated rings. The maximum Gasteiger partial charge on any atom is 0.124 e. The van der Waals surface area contributed by atoms with Gasteiger partial charge >= 0.3 is 0 Å². The van der Waals surface area contributed by atoms with E-state index in [2.05, 4.69) is 27.8 Å². The number of hydrogen-bond acceptors (Lipinski definition) is 1. The molecule has 0 bridgehead atoms. The van der Waals surface area contributed by atoms with Gasteiger partial charge in [0.25, 0.3) is 0 Å². The number of alkyl halides is 1. The van der Waals surface area contributed by atoms with Crippen LogP contribution in [0, 0.1) is 5.92 Å². The van der Waals surface area contributed by atoms with Gasteiger partial charge in [-0.2, -0.15) is 0 Å². The first-order valence-electron chi connectivity index (χ1n) is 6.88. The molecule has 1 heterocycles. The fourth-order valence-corrected chi connectivity index (χ4v) is 3.26. The Hall–Kier alpha value is -1.02. The molecule has 0 radical (unpaired) electrons. The van der Waals surface area contributed by atoms with E-state index in [0.29, 0.717) is 5.88 Å². The number of nitrogens with zero attached hydrogens (tertiary/aromatic N) is 2. The van der Waals surface area contributed by atoms with E-state index in [-0.39, 0.29) is 0 Å². The number of rotatable bonds is 3. The molecule has 0 N–H and O–H groups in total. The number of halogens is 1. The lowest BCUT2D eigenvalue weighted by molar-refractivity contribution is 0.320. The Morgan fingerprint density at radius 1 is 1.17 bits per heavy atom. The molecule has 0 unspecified atom stereocenters. The zero-order valence-corrected chi connectivity index (χ0v) is 11.4. The lowest BCUT2D eigenvalue weighted by Crippen LogP contribution is -2.15. The Labute approximate surface area is 113 Å². The van der Waals surface area contributed by atoms with Gasteiger partial charge in [0.2, 0.25) is 0 Å². The van der Waals surface area contributed by atoms with E-state index >= 15 is 0 Å². The molecule has 1 aromatic carbocycles. The van der Waals surface area contributed by atoms with Crippen LogP contribution >= 0.6 is 11.6 Å². The molecule has 0 atom stereocenters. The van der Waals surface area contributed by atoms with Crippen molar-refractivity contribution in [3.05, 3.63) is 30.1 Å². The van der Waals surface area contributed by atoms with Gasteiger partial charge in [0.1, 0.15) is 5.82 Å². The van der Waals surface area contributed by atoms with Crippen molar-refractivity contribution in [1.82, 2.24) is 9.55 Å². The third-order valence-corrected chi connectivity index (χ3v) is 4.26. The molecule has 18 heavy (non-hydrogen) atoms. The highest BCUT2D eigenvalue weighted by molar-refractivity contribution is 6.16. The smallest absolute Gasteiger partial charge is 0.124 e. The number of benzene rings is 1. The topological polar surface area (TPSA) is 17.8 Å². The summed E-state index contributed by atoms with van der Waals surface area (Å²) < 4.78 is 2.33. The van der Waals surface area contributed by atoms with Crippen LogP contribution in [0.25, 0.3) is 11.0 Å². The lowest BCUT2D eigenvalue weighted by atomic mass is 9.89. The quantitative estimate of drug-likeness (QED) is 0.752. The summed E-state index contributed by atoms with van der Waals surface area (Å²) in [6, 6.07) is 8.35. The molecule has 0 aliphatic heterocycles. The van der Waals surface area contributed by atoms with Gasteiger partial charge in [-0.15, -0.1) is 11.6 Å². The third-order valence-electron chi connectivity index (χ3n) is 4.02. The molecule has 1 aromatic heterocycles. The van der Waals surface area contributed by atoms with Gasteiger partial charge in [-0.1, -0.05) is 31.4 Å². The van der Waals surface area contributed by atoms with Gasteiger partial charge < -0.3 is 4.57 Å². The number of aromatic nitrogens is 2. The van der Waals surface area contributed by atoms with Crippen molar-refractivity contribution in [2.75, 3.05) is 0 Å². The second kappa shape index (κ2) is 5.31. The zero-order valence-electron chi connectivity index (χ0n) is 10.6. The predicted molar refractivity (Wildman–Crippen MR) is 75.9 cm³/mol. The van der Waals surface area contributed by atoms with Crippen LogP contribution in [0.4, 0.5) is 0 Å². The fraction of sp³-hybridized carbons (Fsp3) is 0.533. The molecule has 3 rings (SSSR count). The molecule has 3 heteroatoms. The van der Waals surface area contributed by atoms with Gasteiger partial charge in [-0.05, 0) is 30.9 Å². The second-order valence-electron chi connectivity index (χ2n) is 5.27. The van der Waals surface area contributed by atoms with E-state index < -0.39 is 0 Å². The third kappa shape index (κ3) is 2.26. The van der Waals surface area contributed by atoms with Crippen LogP contribution in [0.1, 0.15) is 37.9 Å². The van der Waals surface area contributed by atoms with Crippen LogP contribution < -0.4 is 0 Å². The molecule has 0 saturated heterocycles. The molecular formula is C15H19ClN2. The molecule has 1 saturated carbocycles. The SMILES string of the molecule is ClCc1nc2ccccc2n1CC1CCCCC1. The molecule has 96 valence electrons. The van der Waals surface area contributed by atoms with Crippen LogP contribution in [0.15, 0.2) is 24.3 Å². The average Bonchev–Trinajstić information content (AvgIpc) is 2.78. The minimum atomic E-state index is 0.501. The Balaban J connectivity index is 1.93. The summed E-state index contributed by atoms with van der Waals surface area (Å²) in [6.45, 7) is 1.09. The number of fused-ring (bicyclic) bond motifs is 1.